The smallest absolute Gasteiger partial charge is 0.677 e. The Morgan fingerprint density at radius 2 is 2.16 bits per heavy atom. The Labute approximate surface area is 124 Å². The number of aromatic nitrogens is 3. The van der Waals surface area contributed by atoms with Crippen molar-refractivity contribution in [3.63, 3.8) is 0 Å². The van der Waals surface area contributed by atoms with Crippen LogP contribution in [0.15, 0.2) is 18.3 Å². The van der Waals surface area contributed by atoms with E-state index in [1.165, 1.54) is 0 Å². The maximum absolute atomic E-state index is 7.13. The quantitative estimate of drug-likeness (QED) is 0.517. The van der Waals surface area contributed by atoms with Crippen molar-refractivity contribution in [2.45, 2.75) is 38.5 Å². The molecule has 0 fully saturated rings. The Morgan fingerprint density at radius 1 is 1.42 bits per heavy atom. The number of imidazole rings is 1. The third kappa shape index (κ3) is 5.31. The predicted octanol–water partition coefficient (Wildman–Crippen LogP) is 3.01. The molecule has 0 radical (unpaired) electrons. The van der Waals surface area contributed by atoms with E-state index < -0.39 is 0 Å². The van der Waals surface area contributed by atoms with E-state index in [1.807, 2.05) is 30.5 Å². The molecular formula is C13H20BeN4S. The molecule has 4 nitrogen and oxygen atoms in total. The number of nitrogens with one attached hydrogen (secondary N) is 1. The van der Waals surface area contributed by atoms with Crippen LogP contribution in [0, 0.1) is 6.33 Å². The topological polar surface area (TPSA) is 54.5 Å². The molecule has 0 aliphatic rings. The first-order chi connectivity index (χ1) is 8.81. The van der Waals surface area contributed by atoms with Gasteiger partial charge in [0, 0.05) is 30.0 Å². The van der Waals surface area contributed by atoms with Crippen LogP contribution < -0.4 is 0 Å². The third-order valence-electron chi connectivity index (χ3n) is 2.48. The van der Waals surface area contributed by atoms with E-state index >= 15 is 0 Å². The number of thiol groups is 1. The summed E-state index contributed by atoms with van der Waals surface area (Å²) in [5.74, 6) is 0. The molecule has 0 spiro atoms. The molecule has 19 heavy (non-hydrogen) atoms. The molecule has 0 aromatic carbocycles. The van der Waals surface area contributed by atoms with Crippen LogP contribution in [0.25, 0.3) is 16.9 Å². The molecule has 0 bridgehead atoms. The molecule has 2 aromatic heterocycles. The molecule has 2 rings (SSSR count). The van der Waals surface area contributed by atoms with Crippen LogP contribution in [0.2, 0.25) is 0 Å². The van der Waals surface area contributed by atoms with Crippen LogP contribution in [0.5, 0.6) is 0 Å². The molecule has 2 heterocycles. The van der Waals surface area contributed by atoms with Crippen molar-refractivity contribution < 1.29 is 0 Å². The molecule has 0 aliphatic heterocycles. The number of rotatable bonds is 5. The van der Waals surface area contributed by atoms with Gasteiger partial charge in [0.2, 0.25) is 0 Å². The zero-order valence-electron chi connectivity index (χ0n) is 11.6. The third-order valence-corrected chi connectivity index (χ3v) is 2.99. The molecule has 1 atom stereocenters. The van der Waals surface area contributed by atoms with E-state index in [1.54, 1.807) is 6.20 Å². The van der Waals surface area contributed by atoms with Gasteiger partial charge in [0.05, 0.1) is 0 Å². The largest absolute Gasteiger partial charge is 2.00 e. The molecule has 6 heteroatoms. The van der Waals surface area contributed by atoms with Crippen LogP contribution in [0.4, 0.5) is 0 Å². The average molecular weight is 273 g/mol. The van der Waals surface area contributed by atoms with E-state index in [9.17, 15) is 0 Å². The van der Waals surface area contributed by atoms with Gasteiger partial charge in [0.25, 0.3) is 0 Å². The minimum atomic E-state index is 0. The first kappa shape index (κ1) is 18.1. The van der Waals surface area contributed by atoms with Crippen LogP contribution in [-0.2, 0) is 6.54 Å². The van der Waals surface area contributed by atoms with Crippen LogP contribution in [-0.4, -0.2) is 36.5 Å². The number of nitrogens with zero attached hydrogens (tertiary/aromatic N) is 3. The number of hydrogen-bond acceptors (Lipinski definition) is 3. The Balaban J connectivity index is 0.00000103. The fraction of sp³-hybridized carbons (Fsp3) is 0.538. The van der Waals surface area contributed by atoms with Crippen LogP contribution in [0.1, 0.15) is 26.7 Å². The van der Waals surface area contributed by atoms with Gasteiger partial charge in [0.15, 0.2) is 0 Å². The predicted molar refractivity (Wildman–Crippen MR) is 84.7 cm³/mol. The second kappa shape index (κ2) is 9.95. The number of hydrogen-bond donors (Lipinski definition) is 1. The van der Waals surface area contributed by atoms with Crippen molar-refractivity contribution in [1.29, 1.82) is 0 Å². The fourth-order valence-electron chi connectivity index (χ4n) is 1.59. The Hall–Kier alpha value is -0.901. The summed E-state index contributed by atoms with van der Waals surface area (Å²) in [6.07, 6.45) is 6.43. The van der Waals surface area contributed by atoms with E-state index in [0.717, 1.165) is 30.6 Å². The second-order valence-electron chi connectivity index (χ2n) is 3.69. The standard InChI is InChI=1S/C11H14N4S.C2H6.Be/c12-5-3-9(16)4-7-15-8-14-10-2-1-6-13-11(10)15;1-2;/h1-2,6,9,12,16H,3-5,7H2;1-2H3;/q-2;;+2. The SMILES string of the molecule is CC.[Be+2].[NH-]CCC(S)CCn1[c-]nc2cccnc21. The van der Waals surface area contributed by atoms with Gasteiger partial charge in [-0.25, -0.2) is 0 Å². The minimum Gasteiger partial charge on any atom is -0.677 e. The van der Waals surface area contributed by atoms with E-state index in [0.29, 0.717) is 6.54 Å². The van der Waals surface area contributed by atoms with Crippen molar-refractivity contribution in [1.82, 2.24) is 14.5 Å². The minimum absolute atomic E-state index is 0. The molecule has 0 aliphatic carbocycles. The van der Waals surface area contributed by atoms with Crippen molar-refractivity contribution in [2.24, 2.45) is 0 Å². The maximum atomic E-state index is 7.13. The van der Waals surface area contributed by atoms with Gasteiger partial charge < -0.3 is 20.3 Å². The summed E-state index contributed by atoms with van der Waals surface area (Å²) in [7, 11) is 0. The summed E-state index contributed by atoms with van der Waals surface area (Å²) in [5.41, 5.74) is 8.87. The maximum Gasteiger partial charge on any atom is 2.00 e. The summed E-state index contributed by atoms with van der Waals surface area (Å²) in [5, 5.41) is 0.270. The number of fused-ring (bicyclic) bond motifs is 1. The molecule has 100 valence electrons. The normalized spacial score (nSPS) is 11.4. The van der Waals surface area contributed by atoms with Crippen LogP contribution >= 0.6 is 12.6 Å². The first-order valence-corrected chi connectivity index (χ1v) is 6.84. The average Bonchev–Trinajstić information content (AvgIpc) is 2.82. The van der Waals surface area contributed by atoms with Crippen molar-refractivity contribution >= 4 is 33.9 Å². The first-order valence-electron chi connectivity index (χ1n) is 6.33. The summed E-state index contributed by atoms with van der Waals surface area (Å²) < 4.78 is 1.92. The molecule has 0 saturated heterocycles. The van der Waals surface area contributed by atoms with Crippen LogP contribution in [0.3, 0.4) is 0 Å². The van der Waals surface area contributed by atoms with Gasteiger partial charge in [0.1, 0.15) is 0 Å². The molecule has 2 aromatic rings. The summed E-state index contributed by atoms with van der Waals surface area (Å²) in [6.45, 7) is 5.24. The number of aryl methyl sites for hydroxylation is 1. The van der Waals surface area contributed by atoms with E-state index in [-0.39, 0.29) is 15.4 Å². The Kier molecular flexibility index (Phi) is 9.48. The Bertz CT molecular complexity index is 461. The molecular weight excluding hydrogens is 253 g/mol. The zero-order chi connectivity index (χ0) is 13.4. The molecule has 1 N–H and O–H groups in total. The second-order valence-corrected chi connectivity index (χ2v) is 4.42. The van der Waals surface area contributed by atoms with Gasteiger partial charge in [-0.2, -0.15) is 19.2 Å². The van der Waals surface area contributed by atoms with Crippen molar-refractivity contribution in [3.05, 3.63) is 30.4 Å². The van der Waals surface area contributed by atoms with Gasteiger partial charge in [-0.15, -0.1) is 0 Å². The summed E-state index contributed by atoms with van der Waals surface area (Å²) in [4.78, 5) is 8.43. The van der Waals surface area contributed by atoms with E-state index in [2.05, 4.69) is 28.9 Å². The molecule has 0 amide bonds. The zero-order valence-corrected chi connectivity index (χ0v) is 12.5. The van der Waals surface area contributed by atoms with Gasteiger partial charge in [-0.05, 0) is 6.42 Å². The molecule has 1 unspecified atom stereocenters. The molecule has 0 saturated carbocycles. The van der Waals surface area contributed by atoms with Crippen molar-refractivity contribution in [3.8, 4) is 0 Å². The Morgan fingerprint density at radius 3 is 2.84 bits per heavy atom. The summed E-state index contributed by atoms with van der Waals surface area (Å²) >= 11 is 4.43. The number of pyridine rings is 1. The summed E-state index contributed by atoms with van der Waals surface area (Å²) in [6, 6.07) is 3.80. The van der Waals surface area contributed by atoms with Gasteiger partial charge in [-0.1, -0.05) is 37.9 Å². The monoisotopic (exact) mass is 273 g/mol. The fourth-order valence-corrected chi connectivity index (χ4v) is 1.83. The van der Waals surface area contributed by atoms with Gasteiger partial charge in [-0.3, -0.25) is 0 Å². The van der Waals surface area contributed by atoms with Crippen molar-refractivity contribution in [2.75, 3.05) is 6.54 Å². The van der Waals surface area contributed by atoms with E-state index in [4.69, 9.17) is 5.73 Å². The van der Waals surface area contributed by atoms with Gasteiger partial charge >= 0.3 is 10.1 Å².